The quantitative estimate of drug-likeness (QED) is 0.105. The smallest absolute Gasteiger partial charge is 0.231 e. The van der Waals surface area contributed by atoms with Crippen molar-refractivity contribution in [1.29, 1.82) is 0 Å². The van der Waals surface area contributed by atoms with Crippen molar-refractivity contribution in [2.24, 2.45) is 33.8 Å². The summed E-state index contributed by atoms with van der Waals surface area (Å²) in [5.41, 5.74) is -1.39. The SMILES string of the molecule is CC(C1CC1)C(O)(Cn1ncnc1SS[N+]1(CC(O)(c2ccc(Cl)cc2Cl)C(C)C2CC2)C=NC=N1)c1ccc(Cl)cc1Cl. The first kappa shape index (κ1) is 32.6. The zero-order chi connectivity index (χ0) is 31.3. The van der Waals surface area contributed by atoms with E-state index in [1.807, 2.05) is 0 Å². The van der Waals surface area contributed by atoms with Gasteiger partial charge in [0.25, 0.3) is 0 Å². The van der Waals surface area contributed by atoms with Crippen LogP contribution >= 0.6 is 68.2 Å². The van der Waals surface area contributed by atoms with Gasteiger partial charge < -0.3 is 10.2 Å². The van der Waals surface area contributed by atoms with E-state index >= 15 is 0 Å². The molecule has 44 heavy (non-hydrogen) atoms. The van der Waals surface area contributed by atoms with Crippen LogP contribution < -0.4 is 0 Å². The fourth-order valence-corrected chi connectivity index (χ4v) is 9.54. The molecule has 3 aromatic rings. The van der Waals surface area contributed by atoms with Gasteiger partial charge in [-0.05, 0) is 73.6 Å². The predicted molar refractivity (Wildman–Crippen MR) is 180 cm³/mol. The normalized spacial score (nSPS) is 23.8. The van der Waals surface area contributed by atoms with Crippen LogP contribution in [0.4, 0.5) is 0 Å². The van der Waals surface area contributed by atoms with Gasteiger partial charge in [0.05, 0.1) is 6.54 Å². The summed E-state index contributed by atoms with van der Waals surface area (Å²) in [7, 11) is 2.72. The van der Waals surface area contributed by atoms with E-state index in [4.69, 9.17) is 46.4 Å². The third-order valence-electron chi connectivity index (χ3n) is 9.20. The molecule has 0 saturated heterocycles. The lowest BCUT2D eigenvalue weighted by molar-refractivity contribution is -0.706. The van der Waals surface area contributed by atoms with Crippen molar-refractivity contribution in [1.82, 2.24) is 14.8 Å². The predicted octanol–water partition coefficient (Wildman–Crippen LogP) is 8.22. The molecule has 14 heteroatoms. The molecule has 234 valence electrons. The Hall–Kier alpha value is -1.34. The molecule has 0 radical (unpaired) electrons. The van der Waals surface area contributed by atoms with E-state index < -0.39 is 11.2 Å². The number of nitrogens with zero attached hydrogens (tertiary/aromatic N) is 6. The molecule has 6 rings (SSSR count). The molecule has 2 saturated carbocycles. The minimum absolute atomic E-state index is 0.0597. The fourth-order valence-electron chi connectivity index (χ4n) is 6.13. The lowest BCUT2D eigenvalue weighted by Gasteiger charge is -2.38. The summed E-state index contributed by atoms with van der Waals surface area (Å²) in [6.45, 7) is 4.45. The number of quaternary nitrogens is 1. The van der Waals surface area contributed by atoms with Crippen LogP contribution in [0.25, 0.3) is 0 Å². The van der Waals surface area contributed by atoms with Crippen molar-refractivity contribution in [2.75, 3.05) is 6.54 Å². The molecule has 0 spiro atoms. The highest BCUT2D eigenvalue weighted by Gasteiger charge is 2.53. The first-order chi connectivity index (χ1) is 20.9. The van der Waals surface area contributed by atoms with Crippen LogP contribution in [-0.2, 0) is 17.7 Å². The first-order valence-corrected chi connectivity index (χ1v) is 18.1. The summed E-state index contributed by atoms with van der Waals surface area (Å²) in [5, 5.41) is 36.3. The molecule has 2 aromatic carbocycles. The standard InChI is InChI=1S/C30H33Cl4N6O2S2/c1-18(20-3-4-20)29(41,24-9-7-22(31)11-26(24)33)13-39-28(36-16-37-39)43-44-40(17-35-15-38-40)14-30(42,19(2)21-5-6-21)25-10-8-23(32)12-27(25)34/h7-12,15-21,41-42H,3-6,13-14H2,1-2H3/q+1. The van der Waals surface area contributed by atoms with Gasteiger partial charge >= 0.3 is 0 Å². The fraction of sp³-hybridized carbons (Fsp3) is 0.467. The second-order valence-corrected chi connectivity index (χ2v) is 16.1. The molecule has 5 atom stereocenters. The summed E-state index contributed by atoms with van der Waals surface area (Å²) in [4.78, 5) is 8.83. The molecular weight excluding hydrogens is 682 g/mol. The largest absolute Gasteiger partial charge is 0.383 e. The molecule has 8 nitrogen and oxygen atoms in total. The van der Waals surface area contributed by atoms with Gasteiger partial charge in [-0.15, -0.1) is 0 Å². The van der Waals surface area contributed by atoms with Crippen LogP contribution in [0.15, 0.2) is 58.0 Å². The minimum Gasteiger partial charge on any atom is -0.383 e. The summed E-state index contributed by atoms with van der Waals surface area (Å²) in [6.07, 6.45) is 8.88. The second kappa shape index (κ2) is 12.7. The molecule has 2 aliphatic carbocycles. The van der Waals surface area contributed by atoms with Gasteiger partial charge in [0, 0.05) is 42.0 Å². The van der Waals surface area contributed by atoms with Crippen LogP contribution in [-0.4, -0.2) is 48.2 Å². The summed E-state index contributed by atoms with van der Waals surface area (Å²) in [6, 6.07) is 10.4. The number of halogens is 4. The van der Waals surface area contributed by atoms with Gasteiger partial charge in [-0.3, -0.25) is 0 Å². The minimum atomic E-state index is -1.32. The lowest BCUT2D eigenvalue weighted by Crippen LogP contribution is -2.49. The first-order valence-electron chi connectivity index (χ1n) is 14.5. The van der Waals surface area contributed by atoms with Gasteiger partial charge in [-0.25, -0.2) is 9.67 Å². The highest BCUT2D eigenvalue weighted by Crippen LogP contribution is 2.52. The number of benzene rings is 2. The molecular formula is C30H33Cl4N6O2S2+. The molecule has 3 aliphatic rings. The summed E-state index contributed by atoms with van der Waals surface area (Å²) >= 11 is 25.7. The van der Waals surface area contributed by atoms with E-state index in [2.05, 4.69) is 34.0 Å². The Morgan fingerprint density at radius 2 is 1.48 bits per heavy atom. The highest BCUT2D eigenvalue weighted by atomic mass is 35.5. The summed E-state index contributed by atoms with van der Waals surface area (Å²) < 4.78 is 1.64. The molecule has 2 heterocycles. The van der Waals surface area contributed by atoms with E-state index in [0.717, 1.165) is 25.7 Å². The van der Waals surface area contributed by atoms with Crippen molar-refractivity contribution in [3.63, 3.8) is 0 Å². The Labute approximate surface area is 285 Å². The van der Waals surface area contributed by atoms with Crippen molar-refractivity contribution in [3.8, 4) is 0 Å². The highest BCUT2D eigenvalue weighted by molar-refractivity contribution is 8.74. The number of hydrogen-bond acceptors (Lipinski definition) is 8. The van der Waals surface area contributed by atoms with Crippen LogP contribution in [0.5, 0.6) is 0 Å². The van der Waals surface area contributed by atoms with Gasteiger partial charge in [-0.1, -0.05) is 81.5 Å². The number of aromatic nitrogens is 3. The molecule has 5 unspecified atom stereocenters. The van der Waals surface area contributed by atoms with Gasteiger partial charge in [0.15, 0.2) is 23.9 Å². The Morgan fingerprint density at radius 1 is 0.909 bits per heavy atom. The maximum Gasteiger partial charge on any atom is 0.231 e. The van der Waals surface area contributed by atoms with Crippen LogP contribution in [0.2, 0.25) is 20.1 Å². The third kappa shape index (κ3) is 6.57. The Balaban J connectivity index is 1.27. The zero-order valence-corrected chi connectivity index (χ0v) is 28.8. The van der Waals surface area contributed by atoms with Crippen molar-refractivity contribution >= 4 is 80.9 Å². The molecule has 1 aromatic heterocycles. The van der Waals surface area contributed by atoms with Crippen LogP contribution in [0, 0.1) is 23.7 Å². The Kier molecular flexibility index (Phi) is 9.40. The monoisotopic (exact) mass is 713 g/mol. The molecule has 1 aliphatic heterocycles. The number of rotatable bonds is 13. The van der Waals surface area contributed by atoms with E-state index in [1.165, 1.54) is 34.4 Å². The van der Waals surface area contributed by atoms with Crippen LogP contribution in [0.1, 0.15) is 50.7 Å². The Bertz CT molecular complexity index is 1590. The number of aliphatic imine (C=N–C) groups is 1. The Morgan fingerprint density at radius 3 is 2.00 bits per heavy atom. The van der Waals surface area contributed by atoms with E-state index in [9.17, 15) is 10.2 Å². The number of aliphatic hydroxyl groups is 2. The van der Waals surface area contributed by atoms with E-state index in [1.54, 1.807) is 47.4 Å². The van der Waals surface area contributed by atoms with Crippen LogP contribution in [0.3, 0.4) is 0 Å². The van der Waals surface area contributed by atoms with Crippen molar-refractivity contribution in [3.05, 3.63) is 73.9 Å². The van der Waals surface area contributed by atoms with Gasteiger partial charge in [0.2, 0.25) is 11.5 Å². The summed E-state index contributed by atoms with van der Waals surface area (Å²) in [5.74, 6) is 0.600. The average molecular weight is 716 g/mol. The topological polar surface area (TPSA) is 95.9 Å². The van der Waals surface area contributed by atoms with E-state index in [-0.39, 0.29) is 28.9 Å². The molecule has 2 N–H and O–H groups in total. The lowest BCUT2D eigenvalue weighted by atomic mass is 9.79. The number of hydrogen-bond donors (Lipinski definition) is 2. The third-order valence-corrected chi connectivity index (χ3v) is 12.9. The average Bonchev–Trinajstić information content (AvgIpc) is 3.91. The van der Waals surface area contributed by atoms with Gasteiger partial charge in [0.1, 0.15) is 17.5 Å². The maximum atomic E-state index is 12.4. The molecule has 2 fully saturated rings. The van der Waals surface area contributed by atoms with Crippen molar-refractivity contribution < 1.29 is 14.2 Å². The van der Waals surface area contributed by atoms with Gasteiger partial charge in [-0.2, -0.15) is 10.1 Å². The second-order valence-electron chi connectivity index (χ2n) is 12.1. The maximum absolute atomic E-state index is 12.4. The zero-order valence-electron chi connectivity index (χ0n) is 24.2. The molecule has 0 amide bonds. The molecule has 0 bridgehead atoms. The van der Waals surface area contributed by atoms with E-state index in [0.29, 0.717) is 48.2 Å². The van der Waals surface area contributed by atoms with Crippen molar-refractivity contribution in [2.45, 2.75) is 62.4 Å².